The van der Waals surface area contributed by atoms with Crippen LogP contribution in [-0.2, 0) is 0 Å². The lowest BCUT2D eigenvalue weighted by molar-refractivity contribution is 0.624. The van der Waals surface area contributed by atoms with Gasteiger partial charge in [-0.15, -0.1) is 0 Å². The van der Waals surface area contributed by atoms with Crippen LogP contribution in [-0.4, -0.2) is 15.0 Å². The molecule has 5 nitrogen and oxygen atoms in total. The third kappa shape index (κ3) is 2.64. The van der Waals surface area contributed by atoms with Crippen molar-refractivity contribution in [3.8, 4) is 6.07 Å². The summed E-state index contributed by atoms with van der Waals surface area (Å²) >= 11 is 11.2. The summed E-state index contributed by atoms with van der Waals surface area (Å²) in [5.41, 5.74) is 0.0704. The topological polar surface area (TPSA) is 74.5 Å². The Morgan fingerprint density at radius 3 is 2.44 bits per heavy atom. The minimum absolute atomic E-state index is 0.0297. The van der Waals surface area contributed by atoms with Crippen LogP contribution in [0.15, 0.2) is 18.2 Å². The summed E-state index contributed by atoms with van der Waals surface area (Å²) in [5.74, 6) is -0.615. The number of nitrogens with zero attached hydrogens (tertiary/aromatic N) is 4. The number of nitriles is 1. The molecule has 90 valence electrons. The van der Waals surface area contributed by atoms with Crippen molar-refractivity contribution in [1.29, 1.82) is 5.26 Å². The average molecular weight is 284 g/mol. The first-order valence-electron chi connectivity index (χ1n) is 4.63. The SMILES string of the molecule is N#Cc1c(F)cccc1Nc1nc(Cl)nc(Cl)n1. The number of anilines is 2. The molecule has 0 fully saturated rings. The largest absolute Gasteiger partial charge is 0.323 e. The third-order valence-corrected chi connectivity index (χ3v) is 2.29. The van der Waals surface area contributed by atoms with Gasteiger partial charge in [-0.3, -0.25) is 0 Å². The maximum absolute atomic E-state index is 13.3. The molecule has 2 aromatic rings. The predicted molar refractivity (Wildman–Crippen MR) is 64.2 cm³/mol. The molecule has 0 bridgehead atoms. The average Bonchev–Trinajstić information content (AvgIpc) is 2.27. The molecular weight excluding hydrogens is 280 g/mol. The van der Waals surface area contributed by atoms with Crippen molar-refractivity contribution in [2.45, 2.75) is 0 Å². The van der Waals surface area contributed by atoms with E-state index in [9.17, 15) is 4.39 Å². The van der Waals surface area contributed by atoms with Gasteiger partial charge in [0.15, 0.2) is 0 Å². The van der Waals surface area contributed by atoms with E-state index in [1.54, 1.807) is 6.07 Å². The van der Waals surface area contributed by atoms with E-state index < -0.39 is 5.82 Å². The number of halogens is 3. The number of hydrogen-bond acceptors (Lipinski definition) is 5. The van der Waals surface area contributed by atoms with Crippen molar-refractivity contribution in [3.63, 3.8) is 0 Å². The lowest BCUT2D eigenvalue weighted by Crippen LogP contribution is -2.02. The highest BCUT2D eigenvalue weighted by Crippen LogP contribution is 2.21. The highest BCUT2D eigenvalue weighted by atomic mass is 35.5. The van der Waals surface area contributed by atoms with E-state index >= 15 is 0 Å². The second-order valence-corrected chi connectivity index (χ2v) is 3.77. The van der Waals surface area contributed by atoms with Gasteiger partial charge < -0.3 is 5.32 Å². The quantitative estimate of drug-likeness (QED) is 0.917. The van der Waals surface area contributed by atoms with Crippen molar-refractivity contribution < 1.29 is 4.39 Å². The van der Waals surface area contributed by atoms with Crippen LogP contribution < -0.4 is 5.32 Å². The molecule has 18 heavy (non-hydrogen) atoms. The van der Waals surface area contributed by atoms with Gasteiger partial charge >= 0.3 is 0 Å². The van der Waals surface area contributed by atoms with Crippen LogP contribution in [0.4, 0.5) is 16.0 Å². The number of rotatable bonds is 2. The first-order valence-corrected chi connectivity index (χ1v) is 5.38. The van der Waals surface area contributed by atoms with E-state index in [-0.39, 0.29) is 27.8 Å². The van der Waals surface area contributed by atoms with Crippen LogP contribution in [0.25, 0.3) is 0 Å². The van der Waals surface area contributed by atoms with Crippen LogP contribution in [0, 0.1) is 17.1 Å². The van der Waals surface area contributed by atoms with Crippen LogP contribution in [0.5, 0.6) is 0 Å². The second-order valence-electron chi connectivity index (χ2n) is 3.10. The van der Waals surface area contributed by atoms with E-state index in [4.69, 9.17) is 28.5 Å². The Kier molecular flexibility index (Phi) is 3.55. The van der Waals surface area contributed by atoms with E-state index in [0.717, 1.165) is 0 Å². The smallest absolute Gasteiger partial charge is 0.232 e. The van der Waals surface area contributed by atoms with E-state index in [2.05, 4.69) is 20.3 Å². The summed E-state index contributed by atoms with van der Waals surface area (Å²) < 4.78 is 13.3. The highest BCUT2D eigenvalue weighted by molar-refractivity contribution is 6.31. The monoisotopic (exact) mass is 283 g/mol. The molecule has 8 heteroatoms. The van der Waals surface area contributed by atoms with E-state index in [1.807, 2.05) is 0 Å². The molecule has 0 unspecified atom stereocenters. The van der Waals surface area contributed by atoms with E-state index in [0.29, 0.717) is 0 Å². The maximum atomic E-state index is 13.3. The minimum Gasteiger partial charge on any atom is -0.323 e. The van der Waals surface area contributed by atoms with Gasteiger partial charge in [-0.05, 0) is 35.3 Å². The summed E-state index contributed by atoms with van der Waals surface area (Å²) in [6.07, 6.45) is 0. The van der Waals surface area contributed by atoms with Crippen LogP contribution in [0.2, 0.25) is 10.6 Å². The van der Waals surface area contributed by atoms with Crippen molar-refractivity contribution in [1.82, 2.24) is 15.0 Å². The Labute approximate surface area is 111 Å². The zero-order valence-corrected chi connectivity index (χ0v) is 10.2. The zero-order chi connectivity index (χ0) is 13.1. The second kappa shape index (κ2) is 5.12. The molecule has 1 N–H and O–H groups in total. The van der Waals surface area contributed by atoms with Crippen LogP contribution in [0.1, 0.15) is 5.56 Å². The molecule has 1 aromatic heterocycles. The highest BCUT2D eigenvalue weighted by Gasteiger charge is 2.10. The molecule has 0 saturated carbocycles. The lowest BCUT2D eigenvalue weighted by atomic mass is 10.2. The summed E-state index contributed by atoms with van der Waals surface area (Å²) in [7, 11) is 0. The molecule has 0 aliphatic rings. The molecule has 0 spiro atoms. The predicted octanol–water partition coefficient (Wildman–Crippen LogP) is 2.93. The zero-order valence-electron chi connectivity index (χ0n) is 8.65. The fraction of sp³-hybridized carbons (Fsp3) is 0. The number of benzene rings is 1. The lowest BCUT2D eigenvalue weighted by Gasteiger charge is -2.06. The molecule has 0 aliphatic heterocycles. The summed E-state index contributed by atoms with van der Waals surface area (Å²) in [5, 5.41) is 11.3. The molecule has 1 aromatic carbocycles. The van der Waals surface area contributed by atoms with Crippen molar-refractivity contribution in [3.05, 3.63) is 40.1 Å². The summed E-state index contributed by atoms with van der Waals surface area (Å²) in [6.45, 7) is 0. The Balaban J connectivity index is 2.40. The van der Waals surface area contributed by atoms with Crippen LogP contribution in [0.3, 0.4) is 0 Å². The van der Waals surface area contributed by atoms with Crippen molar-refractivity contribution in [2.75, 3.05) is 5.32 Å². The fourth-order valence-electron chi connectivity index (χ4n) is 1.24. The first kappa shape index (κ1) is 12.5. The van der Waals surface area contributed by atoms with E-state index in [1.165, 1.54) is 18.2 Å². The van der Waals surface area contributed by atoms with Gasteiger partial charge in [-0.1, -0.05) is 6.07 Å². The van der Waals surface area contributed by atoms with Gasteiger partial charge in [-0.2, -0.15) is 20.2 Å². The van der Waals surface area contributed by atoms with Crippen molar-refractivity contribution in [2.24, 2.45) is 0 Å². The number of aromatic nitrogens is 3. The third-order valence-electron chi connectivity index (χ3n) is 1.95. The fourth-order valence-corrected chi connectivity index (χ4v) is 1.61. The Hall–Kier alpha value is -1.97. The summed E-state index contributed by atoms with van der Waals surface area (Å²) in [4.78, 5) is 11.1. The Morgan fingerprint density at radius 1 is 1.17 bits per heavy atom. The number of hydrogen-bond donors (Lipinski definition) is 1. The Bertz CT molecular complexity index is 620. The minimum atomic E-state index is -0.645. The summed E-state index contributed by atoms with van der Waals surface area (Å²) in [6, 6.07) is 5.87. The molecule has 1 heterocycles. The van der Waals surface area contributed by atoms with Gasteiger partial charge in [0.2, 0.25) is 16.5 Å². The Morgan fingerprint density at radius 2 is 1.83 bits per heavy atom. The number of nitrogens with one attached hydrogen (secondary N) is 1. The molecule has 0 aliphatic carbocycles. The molecule has 0 atom stereocenters. The molecule has 2 rings (SSSR count). The normalized spacial score (nSPS) is 9.89. The first-order chi connectivity index (χ1) is 8.60. The van der Waals surface area contributed by atoms with Gasteiger partial charge in [0.1, 0.15) is 17.4 Å². The van der Waals surface area contributed by atoms with Gasteiger partial charge in [0.05, 0.1) is 5.69 Å². The molecular formula is C10H4Cl2FN5. The van der Waals surface area contributed by atoms with Crippen molar-refractivity contribution >= 4 is 34.8 Å². The van der Waals surface area contributed by atoms with Gasteiger partial charge in [-0.25, -0.2) is 4.39 Å². The van der Waals surface area contributed by atoms with Gasteiger partial charge in [0.25, 0.3) is 0 Å². The molecule has 0 radical (unpaired) electrons. The molecule has 0 amide bonds. The molecule has 0 saturated heterocycles. The standard InChI is InChI=1S/C10H4Cl2FN5/c11-8-16-9(12)18-10(17-8)15-7-3-1-2-6(13)5(7)4-14/h1-3H,(H,15,16,17,18). The maximum Gasteiger partial charge on any atom is 0.232 e. The van der Waals surface area contributed by atoms with Crippen LogP contribution >= 0.6 is 23.2 Å². The van der Waals surface area contributed by atoms with Gasteiger partial charge in [0, 0.05) is 0 Å².